The molecule has 63 heavy (non-hydrogen) atoms. The van der Waals surface area contributed by atoms with Crippen LogP contribution in [0.5, 0.6) is 0 Å². The smallest absolute Gasteiger partial charge is 0.394 e. The van der Waals surface area contributed by atoms with Crippen molar-refractivity contribution in [3.8, 4) is 0 Å². The Labute approximate surface area is 351 Å². The van der Waals surface area contributed by atoms with Gasteiger partial charge in [-0.05, 0) is 0 Å². The van der Waals surface area contributed by atoms with E-state index < -0.39 is 156 Å². The van der Waals surface area contributed by atoms with Gasteiger partial charge in [0.2, 0.25) is 0 Å². The molecule has 3 fully saturated rings. The summed E-state index contributed by atoms with van der Waals surface area (Å²) in [7, 11) is -10.1. The maximum absolute atomic E-state index is 14.3. The summed E-state index contributed by atoms with van der Waals surface area (Å²) in [6, 6.07) is 2.80. The van der Waals surface area contributed by atoms with Crippen molar-refractivity contribution in [2.45, 2.75) is 73.6 Å². The minimum absolute atomic E-state index is 0.531. The molecule has 2 unspecified atom stereocenters. The molecule has 3 aliphatic rings. The first-order valence-electron chi connectivity index (χ1n) is 18.5. The number of hydrogen-bond acceptors (Lipinski definition) is 22. The first kappa shape index (κ1) is 47.9. The van der Waals surface area contributed by atoms with Crippen LogP contribution in [0.25, 0.3) is 0 Å². The lowest BCUT2D eigenvalue weighted by atomic mass is 10.1. The summed E-state index contributed by atoms with van der Waals surface area (Å²) in [5.74, 6) is 0. The first-order valence-corrected chi connectivity index (χ1v) is 21.4. The lowest BCUT2D eigenvalue weighted by Crippen LogP contribution is -2.39. The highest BCUT2D eigenvalue weighted by Crippen LogP contribution is 2.56. The lowest BCUT2D eigenvalue weighted by molar-refractivity contribution is -0.0666. The number of aliphatic hydroxyl groups is 5. The fourth-order valence-corrected chi connectivity index (χ4v) is 9.28. The van der Waals surface area contributed by atoms with Crippen LogP contribution in [0.1, 0.15) is 18.7 Å². The van der Waals surface area contributed by atoms with Crippen LogP contribution in [-0.4, -0.2) is 142 Å². The van der Waals surface area contributed by atoms with E-state index in [4.69, 9.17) is 41.4 Å². The van der Waals surface area contributed by atoms with Gasteiger partial charge >= 0.3 is 32.7 Å². The molecule has 0 aromatic carbocycles. The zero-order valence-electron chi connectivity index (χ0n) is 32.4. The molecule has 0 radical (unpaired) electrons. The number of aromatic amines is 3. The molecule has 0 saturated carbocycles. The van der Waals surface area contributed by atoms with Crippen LogP contribution in [0.3, 0.4) is 0 Å². The molecule has 28 nitrogen and oxygen atoms in total. The number of aliphatic hydroxyl groups excluding tert-OH is 5. The van der Waals surface area contributed by atoms with Gasteiger partial charge in [0.05, 0.1) is 33.0 Å². The Balaban J connectivity index is 1.25. The molecule has 30 heteroatoms. The largest absolute Gasteiger partial charge is 0.475 e. The maximum Gasteiger partial charge on any atom is 0.475 e. The molecular formula is C33H42N6O22P2. The molecule has 346 valence electrons. The fourth-order valence-electron chi connectivity index (χ4n) is 6.53. The van der Waals surface area contributed by atoms with Gasteiger partial charge in [-0.3, -0.25) is 70.2 Å². The average Bonchev–Trinajstić information content (AvgIpc) is 3.82. The quantitative estimate of drug-likeness (QED) is 0.0398. The van der Waals surface area contributed by atoms with Crippen molar-refractivity contribution in [2.75, 3.05) is 33.0 Å². The molecule has 3 aliphatic heterocycles. The van der Waals surface area contributed by atoms with Crippen LogP contribution in [-0.2, 0) is 50.5 Å². The number of aromatic nitrogens is 6. The van der Waals surface area contributed by atoms with E-state index in [2.05, 4.69) is 13.2 Å². The van der Waals surface area contributed by atoms with Gasteiger partial charge < -0.3 is 39.7 Å². The van der Waals surface area contributed by atoms with Gasteiger partial charge in [-0.2, -0.15) is 0 Å². The topological polar surface area (TPSA) is 383 Å². The van der Waals surface area contributed by atoms with Gasteiger partial charge in [-0.1, -0.05) is 12.2 Å². The summed E-state index contributed by atoms with van der Waals surface area (Å²) in [5.41, 5.74) is -5.47. The predicted octanol–water partition coefficient (Wildman–Crippen LogP) is -3.81. The molecule has 6 rings (SSSR count). The standard InChI is InChI=1S/C33H42N6O22P2/c1-3-11-53-62(51,55-14-17-22(44)23(45)28(58-17)37-8-5-19(41)34-31(37)48)61-27-18(59-30(25(27)47)39-10-7-21(43)36-33(39)50)15-56-63(52,54-12-4-2)60-26-16(13-40)57-29(24(26)46)38-9-6-20(42)35-32(38)49/h3-10,16-18,22-30,40,44-47H,1-2,11-15H2,(H,34,41,48)(H,35,42,49)(H,36,43,50)/t16-,17-,18-,22-,23-,24-,25-,26-,27-,28-,29-,30-,62?,63?/m1/s1. The number of nitrogens with zero attached hydrogens (tertiary/aromatic N) is 3. The lowest BCUT2D eigenvalue weighted by Gasteiger charge is -2.28. The minimum atomic E-state index is -5.05. The summed E-state index contributed by atoms with van der Waals surface area (Å²) in [5, 5.41) is 54.2. The molecule has 3 aromatic rings. The Bertz CT molecular complexity index is 2570. The third kappa shape index (κ3) is 10.7. The fraction of sp³-hybridized carbons (Fsp3) is 0.515. The predicted molar refractivity (Wildman–Crippen MR) is 206 cm³/mol. The third-order valence-corrected chi connectivity index (χ3v) is 12.4. The third-order valence-electron chi connectivity index (χ3n) is 9.51. The number of phosphoric acid groups is 2. The molecular weight excluding hydrogens is 894 g/mol. The van der Waals surface area contributed by atoms with Crippen LogP contribution in [0.2, 0.25) is 0 Å². The van der Waals surface area contributed by atoms with Gasteiger partial charge in [0.25, 0.3) is 16.7 Å². The second kappa shape index (κ2) is 20.1. The molecule has 8 N–H and O–H groups in total. The maximum atomic E-state index is 14.3. The highest BCUT2D eigenvalue weighted by Gasteiger charge is 2.54. The van der Waals surface area contributed by atoms with Crippen LogP contribution in [0.4, 0.5) is 0 Å². The summed E-state index contributed by atoms with van der Waals surface area (Å²) in [4.78, 5) is 78.6. The van der Waals surface area contributed by atoms with Gasteiger partial charge in [0, 0.05) is 36.8 Å². The molecule has 0 spiro atoms. The zero-order valence-corrected chi connectivity index (χ0v) is 34.2. The normalized spacial score (nSPS) is 31.4. The van der Waals surface area contributed by atoms with Crippen molar-refractivity contribution < 1.29 is 76.0 Å². The first-order chi connectivity index (χ1) is 29.9. The van der Waals surface area contributed by atoms with Gasteiger partial charge in [-0.15, -0.1) is 13.2 Å². The van der Waals surface area contributed by atoms with Crippen molar-refractivity contribution in [3.63, 3.8) is 0 Å². The van der Waals surface area contributed by atoms with Gasteiger partial charge in [-0.25, -0.2) is 23.5 Å². The Hall–Kier alpha value is -4.58. The van der Waals surface area contributed by atoms with Crippen molar-refractivity contribution in [2.24, 2.45) is 0 Å². The Morgan fingerprint density at radius 2 is 0.937 bits per heavy atom. The Morgan fingerprint density at radius 1 is 0.571 bits per heavy atom. The van der Waals surface area contributed by atoms with Crippen molar-refractivity contribution in [3.05, 3.63) is 125 Å². The van der Waals surface area contributed by atoms with E-state index >= 15 is 0 Å². The summed E-state index contributed by atoms with van der Waals surface area (Å²) >= 11 is 0. The van der Waals surface area contributed by atoms with E-state index in [-0.39, 0.29) is 0 Å². The second-order valence-electron chi connectivity index (χ2n) is 13.7. The van der Waals surface area contributed by atoms with Crippen molar-refractivity contribution in [1.29, 1.82) is 0 Å². The second-order valence-corrected chi connectivity index (χ2v) is 16.9. The van der Waals surface area contributed by atoms with Crippen LogP contribution < -0.4 is 33.7 Å². The molecule has 0 bridgehead atoms. The molecule has 3 saturated heterocycles. The molecule has 14 atom stereocenters. The number of ether oxygens (including phenoxy) is 3. The molecule has 6 heterocycles. The van der Waals surface area contributed by atoms with Gasteiger partial charge in [0.1, 0.15) is 54.9 Å². The van der Waals surface area contributed by atoms with Gasteiger partial charge in [0.15, 0.2) is 18.7 Å². The number of hydrogen-bond donors (Lipinski definition) is 8. The van der Waals surface area contributed by atoms with E-state index in [1.165, 1.54) is 0 Å². The summed E-state index contributed by atoms with van der Waals surface area (Å²) in [6.45, 7) is 3.09. The summed E-state index contributed by atoms with van der Waals surface area (Å²) < 4.78 is 80.8. The van der Waals surface area contributed by atoms with E-state index in [0.29, 0.717) is 4.57 Å². The zero-order chi connectivity index (χ0) is 45.8. The minimum Gasteiger partial charge on any atom is -0.394 e. The van der Waals surface area contributed by atoms with Crippen LogP contribution in [0.15, 0.2) is 90.9 Å². The Morgan fingerprint density at radius 3 is 1.33 bits per heavy atom. The number of phosphoric ester groups is 2. The number of rotatable bonds is 20. The average molecular weight is 937 g/mol. The van der Waals surface area contributed by atoms with E-state index in [1.807, 2.05) is 15.0 Å². The highest BCUT2D eigenvalue weighted by atomic mass is 31.2. The molecule has 3 aromatic heterocycles. The number of nitrogens with one attached hydrogen (secondary N) is 3. The van der Waals surface area contributed by atoms with E-state index in [9.17, 15) is 63.4 Å². The monoisotopic (exact) mass is 936 g/mol. The molecule has 0 amide bonds. The van der Waals surface area contributed by atoms with Crippen LogP contribution >= 0.6 is 15.6 Å². The Kier molecular flexibility index (Phi) is 15.3. The van der Waals surface area contributed by atoms with Crippen molar-refractivity contribution >= 4 is 15.6 Å². The SMILES string of the molecule is C=CCOP(=O)(OC[C@H]1O[C@@H](n2ccc(=O)[nH]c2=O)[C@H](O)[C@@H]1OP(=O)(OCC=C)OC[C@H]1O[C@@H](n2ccc(=O)[nH]c2=O)[C@H](O)[C@@H]1O)O[C@H]1[C@@H](O)[C@H](n2ccc(=O)[nH]c2=O)O[C@@H]1CO. The van der Waals surface area contributed by atoms with E-state index in [0.717, 1.165) is 58.1 Å². The molecule has 0 aliphatic carbocycles. The van der Waals surface area contributed by atoms with Crippen molar-refractivity contribution in [1.82, 2.24) is 28.7 Å². The highest BCUT2D eigenvalue weighted by molar-refractivity contribution is 7.48. The number of H-pyrrole nitrogens is 3. The van der Waals surface area contributed by atoms with Crippen LogP contribution in [0, 0.1) is 0 Å². The van der Waals surface area contributed by atoms with E-state index in [1.54, 1.807) is 0 Å². The summed E-state index contributed by atoms with van der Waals surface area (Å²) in [6.07, 6.45) is -15.8.